The molecule has 4 nitrogen and oxygen atoms in total. The molecule has 1 atom stereocenters. The smallest absolute Gasteiger partial charge is 0.305 e. The van der Waals surface area contributed by atoms with Crippen LogP contribution in [0.25, 0.3) is 0 Å². The van der Waals surface area contributed by atoms with Gasteiger partial charge in [0.1, 0.15) is 5.82 Å². The highest BCUT2D eigenvalue weighted by molar-refractivity contribution is 9.10. The van der Waals surface area contributed by atoms with Crippen LogP contribution in [0.4, 0.5) is 4.39 Å². The van der Waals surface area contributed by atoms with E-state index >= 15 is 0 Å². The molecule has 0 spiro atoms. The van der Waals surface area contributed by atoms with Gasteiger partial charge in [-0.1, -0.05) is 13.3 Å². The molecule has 1 amide bonds. The lowest BCUT2D eigenvalue weighted by Crippen LogP contribution is -2.36. The molecule has 104 valence electrons. The van der Waals surface area contributed by atoms with Gasteiger partial charge in [-0.25, -0.2) is 4.39 Å². The Morgan fingerprint density at radius 2 is 2.16 bits per heavy atom. The van der Waals surface area contributed by atoms with Gasteiger partial charge in [0.05, 0.1) is 12.0 Å². The number of benzene rings is 1. The van der Waals surface area contributed by atoms with E-state index in [9.17, 15) is 14.0 Å². The molecule has 6 heteroatoms. The largest absolute Gasteiger partial charge is 0.481 e. The quantitative estimate of drug-likeness (QED) is 0.842. The van der Waals surface area contributed by atoms with Crippen molar-refractivity contribution in [1.29, 1.82) is 0 Å². The summed E-state index contributed by atoms with van der Waals surface area (Å²) < 4.78 is 13.6. The molecular formula is C13H15BrFNO3. The number of halogens is 2. The molecule has 1 unspecified atom stereocenters. The zero-order valence-corrected chi connectivity index (χ0v) is 12.0. The molecule has 0 saturated heterocycles. The van der Waals surface area contributed by atoms with Crippen molar-refractivity contribution in [2.45, 2.75) is 32.2 Å². The summed E-state index contributed by atoms with van der Waals surface area (Å²) >= 11 is 3.17. The fourth-order valence-electron chi connectivity index (χ4n) is 1.72. The first-order valence-electron chi connectivity index (χ1n) is 5.91. The van der Waals surface area contributed by atoms with Crippen LogP contribution in [0.2, 0.25) is 0 Å². The summed E-state index contributed by atoms with van der Waals surface area (Å²) in [5.74, 6) is -1.97. The summed E-state index contributed by atoms with van der Waals surface area (Å²) in [4.78, 5) is 22.7. The van der Waals surface area contributed by atoms with Gasteiger partial charge in [0.15, 0.2) is 0 Å². The summed E-state index contributed by atoms with van der Waals surface area (Å²) in [6, 6.07) is 3.34. The average Bonchev–Trinajstić information content (AvgIpc) is 2.31. The Balaban J connectivity index is 2.81. The maximum absolute atomic E-state index is 13.1. The number of rotatable bonds is 6. The van der Waals surface area contributed by atoms with Crippen LogP contribution >= 0.6 is 15.9 Å². The Labute approximate surface area is 119 Å². The normalized spacial score (nSPS) is 11.9. The minimum atomic E-state index is -0.975. The fourth-order valence-corrected chi connectivity index (χ4v) is 2.15. The third kappa shape index (κ3) is 4.98. The number of carbonyl (C=O) groups is 2. The van der Waals surface area contributed by atoms with Gasteiger partial charge in [-0.15, -0.1) is 0 Å². The van der Waals surface area contributed by atoms with Crippen molar-refractivity contribution in [3.63, 3.8) is 0 Å². The second kappa shape index (κ2) is 7.23. The summed E-state index contributed by atoms with van der Waals surface area (Å²) in [6.45, 7) is 1.90. The fraction of sp³-hybridized carbons (Fsp3) is 0.385. The molecule has 0 heterocycles. The predicted molar refractivity (Wildman–Crippen MR) is 72.5 cm³/mol. The molecule has 0 radical (unpaired) electrons. The monoisotopic (exact) mass is 331 g/mol. The molecule has 0 saturated carbocycles. The highest BCUT2D eigenvalue weighted by Crippen LogP contribution is 2.18. The highest BCUT2D eigenvalue weighted by Gasteiger charge is 2.18. The molecule has 19 heavy (non-hydrogen) atoms. The lowest BCUT2D eigenvalue weighted by atomic mass is 10.1. The number of carboxylic acid groups (broad SMARTS) is 1. The Bertz CT molecular complexity index is 479. The number of amides is 1. The van der Waals surface area contributed by atoms with E-state index in [-0.39, 0.29) is 12.0 Å². The van der Waals surface area contributed by atoms with Crippen LogP contribution in [0.15, 0.2) is 22.7 Å². The van der Waals surface area contributed by atoms with Gasteiger partial charge in [-0.3, -0.25) is 9.59 Å². The highest BCUT2D eigenvalue weighted by atomic mass is 79.9. The van der Waals surface area contributed by atoms with Crippen LogP contribution in [0, 0.1) is 5.82 Å². The first-order valence-corrected chi connectivity index (χ1v) is 6.71. The van der Waals surface area contributed by atoms with Crippen LogP contribution in [0.3, 0.4) is 0 Å². The maximum Gasteiger partial charge on any atom is 0.305 e. The van der Waals surface area contributed by atoms with E-state index in [4.69, 9.17) is 5.11 Å². The van der Waals surface area contributed by atoms with E-state index in [1.807, 2.05) is 6.92 Å². The number of nitrogens with one attached hydrogen (secondary N) is 1. The van der Waals surface area contributed by atoms with Crippen LogP contribution in [-0.4, -0.2) is 23.0 Å². The van der Waals surface area contributed by atoms with E-state index in [2.05, 4.69) is 21.2 Å². The van der Waals surface area contributed by atoms with Gasteiger partial charge in [0.25, 0.3) is 5.91 Å². The third-order valence-electron chi connectivity index (χ3n) is 2.57. The zero-order valence-electron chi connectivity index (χ0n) is 10.5. The van der Waals surface area contributed by atoms with Crippen LogP contribution in [-0.2, 0) is 4.79 Å². The van der Waals surface area contributed by atoms with E-state index < -0.39 is 23.7 Å². The Morgan fingerprint density at radius 1 is 1.47 bits per heavy atom. The van der Waals surface area contributed by atoms with E-state index in [0.717, 1.165) is 12.5 Å². The minimum Gasteiger partial charge on any atom is -0.481 e. The summed E-state index contributed by atoms with van der Waals surface area (Å²) in [5.41, 5.74) is 0.159. The van der Waals surface area contributed by atoms with Gasteiger partial charge in [-0.05, 0) is 40.5 Å². The topological polar surface area (TPSA) is 66.4 Å². The molecule has 2 N–H and O–H groups in total. The first kappa shape index (κ1) is 15.6. The van der Waals surface area contributed by atoms with Crippen molar-refractivity contribution < 1.29 is 19.1 Å². The SMILES string of the molecule is CCCC(CC(=O)O)NC(=O)c1cc(F)ccc1Br. The number of carbonyl (C=O) groups excluding carboxylic acids is 1. The molecule has 1 aromatic rings. The lowest BCUT2D eigenvalue weighted by molar-refractivity contribution is -0.137. The van der Waals surface area contributed by atoms with Crippen molar-refractivity contribution in [3.8, 4) is 0 Å². The summed E-state index contributed by atoms with van der Waals surface area (Å²) in [5, 5.41) is 11.4. The van der Waals surface area contributed by atoms with E-state index in [1.165, 1.54) is 12.1 Å². The average molecular weight is 332 g/mol. The van der Waals surface area contributed by atoms with Crippen molar-refractivity contribution in [3.05, 3.63) is 34.1 Å². The van der Waals surface area contributed by atoms with Crippen molar-refractivity contribution >= 4 is 27.8 Å². The van der Waals surface area contributed by atoms with Crippen LogP contribution in [0.1, 0.15) is 36.5 Å². The van der Waals surface area contributed by atoms with Gasteiger partial charge in [0.2, 0.25) is 0 Å². The maximum atomic E-state index is 13.1. The Hall–Kier alpha value is -1.43. The molecule has 0 aliphatic rings. The van der Waals surface area contributed by atoms with E-state index in [1.54, 1.807) is 0 Å². The second-order valence-electron chi connectivity index (χ2n) is 4.18. The molecule has 1 rings (SSSR count). The van der Waals surface area contributed by atoms with Crippen molar-refractivity contribution in [2.75, 3.05) is 0 Å². The predicted octanol–water partition coefficient (Wildman–Crippen LogP) is 2.96. The number of aliphatic carboxylic acids is 1. The van der Waals surface area contributed by atoms with Gasteiger partial charge in [-0.2, -0.15) is 0 Å². The molecule has 0 aliphatic heterocycles. The first-order chi connectivity index (χ1) is 8.93. The second-order valence-corrected chi connectivity index (χ2v) is 5.04. The van der Waals surface area contributed by atoms with Crippen LogP contribution in [0.5, 0.6) is 0 Å². The Kier molecular flexibility index (Phi) is 5.95. The minimum absolute atomic E-state index is 0.146. The molecule has 1 aromatic carbocycles. The van der Waals surface area contributed by atoms with E-state index in [0.29, 0.717) is 10.9 Å². The van der Waals surface area contributed by atoms with Crippen molar-refractivity contribution in [1.82, 2.24) is 5.32 Å². The van der Waals surface area contributed by atoms with Crippen LogP contribution < -0.4 is 5.32 Å². The molecule has 0 bridgehead atoms. The third-order valence-corrected chi connectivity index (χ3v) is 3.26. The number of carboxylic acids is 1. The molecule has 0 aliphatic carbocycles. The summed E-state index contributed by atoms with van der Waals surface area (Å²) in [6.07, 6.45) is 1.17. The van der Waals surface area contributed by atoms with Gasteiger partial charge in [0, 0.05) is 10.5 Å². The molecule has 0 aromatic heterocycles. The Morgan fingerprint density at radius 3 is 2.74 bits per heavy atom. The van der Waals surface area contributed by atoms with Crippen molar-refractivity contribution in [2.24, 2.45) is 0 Å². The van der Waals surface area contributed by atoms with Gasteiger partial charge < -0.3 is 10.4 Å². The van der Waals surface area contributed by atoms with Gasteiger partial charge >= 0.3 is 5.97 Å². The lowest BCUT2D eigenvalue weighted by Gasteiger charge is -2.16. The summed E-state index contributed by atoms with van der Waals surface area (Å²) in [7, 11) is 0. The number of hydrogen-bond acceptors (Lipinski definition) is 2. The molecular weight excluding hydrogens is 317 g/mol. The number of hydrogen-bond donors (Lipinski definition) is 2. The zero-order chi connectivity index (χ0) is 14.4. The standard InChI is InChI=1S/C13H15BrFNO3/c1-2-3-9(7-12(17)18)16-13(19)10-6-8(15)4-5-11(10)14/h4-6,9H,2-3,7H2,1H3,(H,16,19)(H,17,18). The molecule has 0 fully saturated rings.